The molecule has 1 aliphatic heterocycles. The van der Waals surface area contributed by atoms with Crippen LogP contribution in [0, 0.1) is 5.92 Å². The van der Waals surface area contributed by atoms with Crippen molar-refractivity contribution in [1.29, 1.82) is 0 Å². The summed E-state index contributed by atoms with van der Waals surface area (Å²) in [5.41, 5.74) is 2.34. The van der Waals surface area contributed by atoms with Gasteiger partial charge in [-0.3, -0.25) is 0 Å². The zero-order valence-corrected chi connectivity index (χ0v) is 13.3. The first-order chi connectivity index (χ1) is 10.2. The molecular weight excluding hydrogens is 260 g/mol. The summed E-state index contributed by atoms with van der Waals surface area (Å²) < 4.78 is 2.23. The molecule has 3 heterocycles. The Morgan fingerprint density at radius 1 is 1.38 bits per heavy atom. The third-order valence-corrected chi connectivity index (χ3v) is 4.45. The van der Waals surface area contributed by atoms with Crippen LogP contribution in [-0.2, 0) is 6.54 Å². The molecule has 1 saturated heterocycles. The van der Waals surface area contributed by atoms with Gasteiger partial charge in [-0.1, -0.05) is 33.3 Å². The molecule has 21 heavy (non-hydrogen) atoms. The fourth-order valence-electron chi connectivity index (χ4n) is 3.11. The molecule has 0 radical (unpaired) electrons. The highest BCUT2D eigenvalue weighted by molar-refractivity contribution is 5.56. The number of anilines is 1. The molecule has 1 aliphatic rings. The minimum absolute atomic E-state index is 0.481. The van der Waals surface area contributed by atoms with Crippen LogP contribution < -0.4 is 10.2 Å². The Hall–Kier alpha value is -1.55. The van der Waals surface area contributed by atoms with Gasteiger partial charge in [0.1, 0.15) is 5.65 Å². The van der Waals surface area contributed by atoms with Crippen molar-refractivity contribution >= 4 is 11.5 Å². The van der Waals surface area contributed by atoms with Crippen molar-refractivity contribution in [1.82, 2.24) is 14.7 Å². The Balaban J connectivity index is 1.94. The van der Waals surface area contributed by atoms with E-state index in [1.54, 1.807) is 0 Å². The second-order valence-corrected chi connectivity index (χ2v) is 6.36. The van der Waals surface area contributed by atoms with E-state index in [9.17, 15) is 0 Å². The van der Waals surface area contributed by atoms with Crippen LogP contribution >= 0.6 is 0 Å². The van der Waals surface area contributed by atoms with Gasteiger partial charge < -0.3 is 14.6 Å². The van der Waals surface area contributed by atoms with Crippen molar-refractivity contribution in [2.75, 3.05) is 18.0 Å². The van der Waals surface area contributed by atoms with Crippen molar-refractivity contribution in [2.24, 2.45) is 5.92 Å². The molecule has 3 rings (SSSR count). The third kappa shape index (κ3) is 2.91. The summed E-state index contributed by atoms with van der Waals surface area (Å²) in [6.07, 6.45) is 4.68. The van der Waals surface area contributed by atoms with E-state index in [1.807, 2.05) is 0 Å². The van der Waals surface area contributed by atoms with Gasteiger partial charge in [-0.05, 0) is 24.5 Å². The molecule has 4 nitrogen and oxygen atoms in total. The molecule has 0 aliphatic carbocycles. The van der Waals surface area contributed by atoms with Gasteiger partial charge in [0.15, 0.2) is 5.82 Å². The average molecular weight is 286 g/mol. The van der Waals surface area contributed by atoms with E-state index in [4.69, 9.17) is 4.98 Å². The first-order valence-corrected chi connectivity index (χ1v) is 8.13. The number of rotatable bonds is 5. The highest BCUT2D eigenvalue weighted by Crippen LogP contribution is 2.28. The molecular formula is C17H26N4. The predicted octanol–water partition coefficient (Wildman–Crippen LogP) is 3.07. The number of nitrogens with one attached hydrogen (secondary N) is 1. The molecule has 0 spiro atoms. The molecule has 2 aromatic rings. The van der Waals surface area contributed by atoms with Crippen molar-refractivity contribution < 1.29 is 0 Å². The van der Waals surface area contributed by atoms with Crippen molar-refractivity contribution in [2.45, 2.75) is 46.2 Å². The quantitative estimate of drug-likeness (QED) is 0.917. The molecule has 4 heteroatoms. The number of imidazole rings is 1. The lowest BCUT2D eigenvalue weighted by atomic mass is 10.1. The van der Waals surface area contributed by atoms with Gasteiger partial charge in [0, 0.05) is 31.9 Å². The Morgan fingerprint density at radius 2 is 2.24 bits per heavy atom. The van der Waals surface area contributed by atoms with Crippen LogP contribution in [0.15, 0.2) is 24.4 Å². The van der Waals surface area contributed by atoms with Crippen LogP contribution in [0.1, 0.15) is 39.3 Å². The molecule has 1 fully saturated rings. The number of fused-ring (bicyclic) bond motifs is 1. The van der Waals surface area contributed by atoms with E-state index in [2.05, 4.69) is 59.8 Å². The average Bonchev–Trinajstić information content (AvgIpc) is 3.09. The molecule has 1 unspecified atom stereocenters. The summed E-state index contributed by atoms with van der Waals surface area (Å²) in [7, 11) is 0. The van der Waals surface area contributed by atoms with E-state index in [0.717, 1.165) is 31.2 Å². The van der Waals surface area contributed by atoms with Crippen LogP contribution in [0.3, 0.4) is 0 Å². The van der Waals surface area contributed by atoms with Gasteiger partial charge in [-0.2, -0.15) is 0 Å². The van der Waals surface area contributed by atoms with Crippen molar-refractivity contribution in [3.63, 3.8) is 0 Å². The molecule has 1 N–H and O–H groups in total. The smallest absolute Gasteiger partial charge is 0.152 e. The van der Waals surface area contributed by atoms with E-state index in [0.29, 0.717) is 6.04 Å². The first-order valence-electron chi connectivity index (χ1n) is 8.13. The molecule has 2 aromatic heterocycles. The number of nitrogens with zero attached hydrogens (tertiary/aromatic N) is 3. The van der Waals surface area contributed by atoms with Gasteiger partial charge in [0.05, 0.1) is 5.69 Å². The monoisotopic (exact) mass is 286 g/mol. The van der Waals surface area contributed by atoms with Gasteiger partial charge in [0.2, 0.25) is 0 Å². The van der Waals surface area contributed by atoms with E-state index in [1.165, 1.54) is 24.4 Å². The fourth-order valence-corrected chi connectivity index (χ4v) is 3.11. The largest absolute Gasteiger partial charge is 0.355 e. The second-order valence-electron chi connectivity index (χ2n) is 6.36. The molecule has 1 atom stereocenters. The van der Waals surface area contributed by atoms with Gasteiger partial charge in [-0.15, -0.1) is 0 Å². The third-order valence-electron chi connectivity index (χ3n) is 4.45. The normalized spacial score (nSPS) is 19.0. The van der Waals surface area contributed by atoms with Crippen LogP contribution in [-0.4, -0.2) is 28.5 Å². The minimum Gasteiger partial charge on any atom is -0.355 e. The maximum atomic E-state index is 4.89. The van der Waals surface area contributed by atoms with Crippen LogP contribution in [0.25, 0.3) is 5.65 Å². The highest BCUT2D eigenvalue weighted by atomic mass is 15.2. The Kier molecular flexibility index (Phi) is 4.15. The van der Waals surface area contributed by atoms with E-state index >= 15 is 0 Å². The molecule has 0 bridgehead atoms. The summed E-state index contributed by atoms with van der Waals surface area (Å²) in [6.45, 7) is 9.81. The molecule has 114 valence electrons. The lowest BCUT2D eigenvalue weighted by Gasteiger charge is -2.18. The van der Waals surface area contributed by atoms with Crippen LogP contribution in [0.5, 0.6) is 0 Å². The van der Waals surface area contributed by atoms with Gasteiger partial charge in [0.25, 0.3) is 0 Å². The maximum absolute atomic E-state index is 4.89. The maximum Gasteiger partial charge on any atom is 0.152 e. The van der Waals surface area contributed by atoms with Crippen molar-refractivity contribution in [3.05, 3.63) is 30.1 Å². The van der Waals surface area contributed by atoms with E-state index < -0.39 is 0 Å². The summed E-state index contributed by atoms with van der Waals surface area (Å²) in [5, 5.41) is 3.54. The zero-order chi connectivity index (χ0) is 14.8. The second kappa shape index (κ2) is 6.06. The van der Waals surface area contributed by atoms with E-state index in [-0.39, 0.29) is 0 Å². The first kappa shape index (κ1) is 14.4. The molecule has 0 amide bonds. The predicted molar refractivity (Wildman–Crippen MR) is 87.8 cm³/mol. The van der Waals surface area contributed by atoms with Crippen molar-refractivity contribution in [3.8, 4) is 0 Å². The van der Waals surface area contributed by atoms with Crippen LogP contribution in [0.2, 0.25) is 0 Å². The van der Waals surface area contributed by atoms with Gasteiger partial charge in [-0.25, -0.2) is 4.98 Å². The number of aromatic nitrogens is 2. The lowest BCUT2D eigenvalue weighted by molar-refractivity contribution is 0.566. The van der Waals surface area contributed by atoms with Gasteiger partial charge >= 0.3 is 0 Å². The lowest BCUT2D eigenvalue weighted by Crippen LogP contribution is -2.26. The highest BCUT2D eigenvalue weighted by Gasteiger charge is 2.25. The summed E-state index contributed by atoms with van der Waals surface area (Å²) in [5.74, 6) is 1.99. The number of hydrogen-bond acceptors (Lipinski definition) is 3. The Labute approximate surface area is 127 Å². The topological polar surface area (TPSA) is 32.6 Å². The van der Waals surface area contributed by atoms with Crippen LogP contribution in [0.4, 0.5) is 5.82 Å². The Bertz CT molecular complexity index is 602. The molecule has 0 saturated carbocycles. The summed E-state index contributed by atoms with van der Waals surface area (Å²) in [6, 6.07) is 6.71. The SMILES string of the molecule is CCC1CCN(c2nc3ccccn3c2CNC(C)C)C1. The fraction of sp³-hybridized carbons (Fsp3) is 0.588. The Morgan fingerprint density at radius 3 is 2.95 bits per heavy atom. The minimum atomic E-state index is 0.481. The summed E-state index contributed by atoms with van der Waals surface area (Å²) in [4.78, 5) is 7.36. The zero-order valence-electron chi connectivity index (χ0n) is 13.3. The summed E-state index contributed by atoms with van der Waals surface area (Å²) >= 11 is 0. The number of hydrogen-bond donors (Lipinski definition) is 1. The standard InChI is InChI=1S/C17H26N4/c1-4-14-8-10-20(12-14)17-15(11-18-13(2)3)21-9-6-5-7-16(21)19-17/h5-7,9,13-14,18H,4,8,10-12H2,1-3H3. The number of pyridine rings is 1. The molecule has 0 aromatic carbocycles.